The Bertz CT molecular complexity index is 692. The van der Waals surface area contributed by atoms with Crippen LogP contribution in [-0.2, 0) is 6.42 Å². The lowest BCUT2D eigenvalue weighted by Gasteiger charge is -2.12. The van der Waals surface area contributed by atoms with E-state index in [-0.39, 0.29) is 6.04 Å². The van der Waals surface area contributed by atoms with Crippen LogP contribution in [0.25, 0.3) is 10.9 Å². The molecule has 3 aromatic rings. The predicted octanol–water partition coefficient (Wildman–Crippen LogP) is 3.87. The van der Waals surface area contributed by atoms with Crippen molar-refractivity contribution in [2.75, 3.05) is 0 Å². The first-order valence-corrected chi connectivity index (χ1v) is 6.98. The van der Waals surface area contributed by atoms with Crippen molar-refractivity contribution in [1.29, 1.82) is 0 Å². The van der Waals surface area contributed by atoms with Crippen LogP contribution in [0.1, 0.15) is 23.7 Å². The number of pyridine rings is 1. The molecule has 0 aliphatic heterocycles. The molecule has 2 heteroatoms. The summed E-state index contributed by atoms with van der Waals surface area (Å²) in [5.74, 6) is 0. The zero-order valence-electron chi connectivity index (χ0n) is 11.4. The van der Waals surface area contributed by atoms with Crippen molar-refractivity contribution in [2.45, 2.75) is 18.9 Å². The summed E-state index contributed by atoms with van der Waals surface area (Å²) in [6.07, 6.45) is 1.89. The summed E-state index contributed by atoms with van der Waals surface area (Å²) >= 11 is 0. The molecule has 0 radical (unpaired) electrons. The summed E-state index contributed by atoms with van der Waals surface area (Å²) in [5.41, 5.74) is 9.58. The zero-order chi connectivity index (χ0) is 13.8. The normalized spacial score (nSPS) is 12.4. The molecule has 2 aromatic carbocycles. The van der Waals surface area contributed by atoms with Gasteiger partial charge in [0.05, 0.1) is 11.2 Å². The van der Waals surface area contributed by atoms with E-state index in [1.165, 1.54) is 5.56 Å². The molecule has 0 aliphatic carbocycles. The molecule has 2 nitrogen and oxygen atoms in total. The van der Waals surface area contributed by atoms with Crippen LogP contribution in [0.5, 0.6) is 0 Å². The molecule has 0 amide bonds. The summed E-state index contributed by atoms with van der Waals surface area (Å²) in [4.78, 5) is 4.66. The number of hydrogen-bond acceptors (Lipinski definition) is 2. The van der Waals surface area contributed by atoms with Crippen molar-refractivity contribution < 1.29 is 0 Å². The maximum Gasteiger partial charge on any atom is 0.0706 e. The zero-order valence-corrected chi connectivity index (χ0v) is 11.4. The van der Waals surface area contributed by atoms with Gasteiger partial charge in [-0.2, -0.15) is 0 Å². The van der Waals surface area contributed by atoms with Crippen molar-refractivity contribution >= 4 is 10.9 Å². The summed E-state index contributed by atoms with van der Waals surface area (Å²) < 4.78 is 0. The number of hydrogen-bond donors (Lipinski definition) is 1. The third-order valence-electron chi connectivity index (χ3n) is 3.59. The summed E-state index contributed by atoms with van der Waals surface area (Å²) in [5, 5.41) is 1.16. The Hall–Kier alpha value is -2.19. The highest BCUT2D eigenvalue weighted by atomic mass is 14.8. The molecule has 3 rings (SSSR count). The quantitative estimate of drug-likeness (QED) is 0.775. The molecular formula is C18H18N2. The standard InChI is InChI=1S/C18H18N2/c19-16(12-10-14-6-2-1-3-7-14)18-13-11-15-8-4-5-9-17(15)20-18/h1-9,11,13,16H,10,12,19H2. The van der Waals surface area contributed by atoms with Crippen molar-refractivity contribution in [1.82, 2.24) is 4.98 Å². The van der Waals surface area contributed by atoms with Gasteiger partial charge in [-0.1, -0.05) is 54.6 Å². The van der Waals surface area contributed by atoms with Crippen LogP contribution in [0.2, 0.25) is 0 Å². The van der Waals surface area contributed by atoms with Gasteiger partial charge in [0.15, 0.2) is 0 Å². The van der Waals surface area contributed by atoms with E-state index in [1.807, 2.05) is 30.3 Å². The van der Waals surface area contributed by atoms with E-state index >= 15 is 0 Å². The van der Waals surface area contributed by atoms with E-state index in [9.17, 15) is 0 Å². The van der Waals surface area contributed by atoms with Crippen molar-refractivity contribution in [3.63, 3.8) is 0 Å². The van der Waals surface area contributed by atoms with Crippen molar-refractivity contribution in [2.24, 2.45) is 5.73 Å². The van der Waals surface area contributed by atoms with Crippen molar-refractivity contribution in [3.05, 3.63) is 78.0 Å². The Morgan fingerprint density at radius 1 is 0.850 bits per heavy atom. The topological polar surface area (TPSA) is 38.9 Å². The third kappa shape index (κ3) is 2.86. The lowest BCUT2D eigenvalue weighted by molar-refractivity contribution is 0.636. The lowest BCUT2D eigenvalue weighted by atomic mass is 10.0. The second-order valence-electron chi connectivity index (χ2n) is 5.06. The minimum Gasteiger partial charge on any atom is -0.323 e. The van der Waals surface area contributed by atoms with Gasteiger partial charge in [-0.05, 0) is 30.5 Å². The minimum absolute atomic E-state index is 0.0141. The maximum absolute atomic E-state index is 6.27. The lowest BCUT2D eigenvalue weighted by Crippen LogP contribution is -2.13. The molecule has 0 saturated carbocycles. The molecule has 1 heterocycles. The van der Waals surface area contributed by atoms with E-state index in [0.29, 0.717) is 0 Å². The Balaban J connectivity index is 1.73. The van der Waals surface area contributed by atoms with E-state index < -0.39 is 0 Å². The number of aromatic nitrogens is 1. The fraction of sp³-hybridized carbons (Fsp3) is 0.167. The summed E-state index contributed by atoms with van der Waals surface area (Å²) in [6.45, 7) is 0. The summed E-state index contributed by atoms with van der Waals surface area (Å²) in [7, 11) is 0. The highest BCUT2D eigenvalue weighted by molar-refractivity contribution is 5.78. The van der Waals surface area contributed by atoms with E-state index in [0.717, 1.165) is 29.4 Å². The molecular weight excluding hydrogens is 244 g/mol. The van der Waals surface area contributed by atoms with Gasteiger partial charge < -0.3 is 5.73 Å². The molecule has 0 aliphatic rings. The molecule has 1 aromatic heterocycles. The number of fused-ring (bicyclic) bond motifs is 1. The smallest absolute Gasteiger partial charge is 0.0706 e. The Labute approximate surface area is 119 Å². The second kappa shape index (κ2) is 5.85. The van der Waals surface area contributed by atoms with Crippen LogP contribution in [0, 0.1) is 0 Å². The molecule has 20 heavy (non-hydrogen) atoms. The van der Waals surface area contributed by atoms with Crippen LogP contribution in [0.3, 0.4) is 0 Å². The number of nitrogens with zero attached hydrogens (tertiary/aromatic N) is 1. The number of aryl methyl sites for hydroxylation is 1. The van der Waals surface area contributed by atoms with E-state index in [2.05, 4.69) is 41.4 Å². The average molecular weight is 262 g/mol. The van der Waals surface area contributed by atoms with Crippen LogP contribution in [-0.4, -0.2) is 4.98 Å². The second-order valence-corrected chi connectivity index (χ2v) is 5.06. The van der Waals surface area contributed by atoms with E-state index in [1.54, 1.807) is 0 Å². The first-order valence-electron chi connectivity index (χ1n) is 6.98. The van der Waals surface area contributed by atoms with Gasteiger partial charge in [-0.15, -0.1) is 0 Å². The fourth-order valence-electron chi connectivity index (χ4n) is 2.40. The van der Waals surface area contributed by atoms with Gasteiger partial charge in [0.25, 0.3) is 0 Å². The Morgan fingerprint density at radius 2 is 1.60 bits per heavy atom. The number of nitrogens with two attached hydrogens (primary N) is 1. The van der Waals surface area contributed by atoms with Crippen LogP contribution in [0.15, 0.2) is 66.7 Å². The molecule has 0 saturated heterocycles. The number of benzene rings is 2. The average Bonchev–Trinajstić information content (AvgIpc) is 2.53. The largest absolute Gasteiger partial charge is 0.323 e. The molecule has 1 unspecified atom stereocenters. The third-order valence-corrected chi connectivity index (χ3v) is 3.59. The van der Waals surface area contributed by atoms with Gasteiger partial charge in [0.2, 0.25) is 0 Å². The van der Waals surface area contributed by atoms with Gasteiger partial charge in [-0.3, -0.25) is 4.98 Å². The highest BCUT2D eigenvalue weighted by Crippen LogP contribution is 2.18. The monoisotopic (exact) mass is 262 g/mol. The number of rotatable bonds is 4. The van der Waals surface area contributed by atoms with Crippen LogP contribution in [0.4, 0.5) is 0 Å². The molecule has 100 valence electrons. The maximum atomic E-state index is 6.27. The Kier molecular flexibility index (Phi) is 3.75. The van der Waals surface area contributed by atoms with Gasteiger partial charge in [-0.25, -0.2) is 0 Å². The molecule has 2 N–H and O–H groups in total. The van der Waals surface area contributed by atoms with E-state index in [4.69, 9.17) is 5.73 Å². The first-order chi connectivity index (χ1) is 9.83. The van der Waals surface area contributed by atoms with Gasteiger partial charge >= 0.3 is 0 Å². The summed E-state index contributed by atoms with van der Waals surface area (Å²) in [6, 6.07) is 22.7. The van der Waals surface area contributed by atoms with Gasteiger partial charge in [0.1, 0.15) is 0 Å². The molecule has 0 bridgehead atoms. The van der Waals surface area contributed by atoms with Gasteiger partial charge in [0, 0.05) is 11.4 Å². The predicted molar refractivity (Wildman–Crippen MR) is 83.4 cm³/mol. The fourth-order valence-corrected chi connectivity index (χ4v) is 2.40. The van der Waals surface area contributed by atoms with Crippen LogP contribution >= 0.6 is 0 Å². The first kappa shape index (κ1) is 12.8. The SMILES string of the molecule is NC(CCc1ccccc1)c1ccc2ccccc2n1. The molecule has 0 fully saturated rings. The number of para-hydroxylation sites is 1. The highest BCUT2D eigenvalue weighted by Gasteiger charge is 2.08. The van der Waals surface area contributed by atoms with Crippen LogP contribution < -0.4 is 5.73 Å². The van der Waals surface area contributed by atoms with Crippen molar-refractivity contribution in [3.8, 4) is 0 Å². The molecule has 0 spiro atoms. The molecule has 1 atom stereocenters. The Morgan fingerprint density at radius 3 is 2.45 bits per heavy atom. The minimum atomic E-state index is -0.0141.